The highest BCUT2D eigenvalue weighted by Crippen LogP contribution is 2.28. The first-order chi connectivity index (χ1) is 12.5. The fourth-order valence-corrected chi connectivity index (χ4v) is 3.29. The number of rotatable bonds is 5. The van der Waals surface area contributed by atoms with Gasteiger partial charge in [0.2, 0.25) is 0 Å². The van der Waals surface area contributed by atoms with Crippen molar-refractivity contribution in [1.82, 2.24) is 16.2 Å². The van der Waals surface area contributed by atoms with Crippen LogP contribution in [0.1, 0.15) is 34.3 Å². The lowest BCUT2D eigenvalue weighted by atomic mass is 9.91. The van der Waals surface area contributed by atoms with Crippen molar-refractivity contribution in [3.8, 4) is 11.5 Å². The van der Waals surface area contributed by atoms with Crippen LogP contribution in [0.25, 0.3) is 0 Å². The fraction of sp³-hybridized carbons (Fsp3) is 0.350. The normalized spacial score (nSPS) is 22.1. The molecule has 2 aromatic rings. The molecule has 6 heteroatoms. The first-order valence-electron chi connectivity index (χ1n) is 8.64. The molecule has 26 heavy (non-hydrogen) atoms. The summed E-state index contributed by atoms with van der Waals surface area (Å²) in [6, 6.07) is 13.7. The van der Waals surface area contributed by atoms with Gasteiger partial charge in [-0.25, -0.2) is 5.43 Å². The monoisotopic (exact) mass is 355 g/mol. The van der Waals surface area contributed by atoms with Gasteiger partial charge in [0.1, 0.15) is 17.7 Å². The highest BCUT2D eigenvalue weighted by atomic mass is 16.5. The van der Waals surface area contributed by atoms with Crippen LogP contribution in [0, 0.1) is 6.92 Å². The van der Waals surface area contributed by atoms with Crippen LogP contribution in [-0.2, 0) is 0 Å². The van der Waals surface area contributed by atoms with Gasteiger partial charge in [0, 0.05) is 18.0 Å². The van der Waals surface area contributed by atoms with E-state index in [1.165, 1.54) is 18.2 Å². The van der Waals surface area contributed by atoms with Crippen molar-refractivity contribution in [2.24, 2.45) is 0 Å². The number of carbonyl (C=O) groups excluding carboxylic acids is 1. The van der Waals surface area contributed by atoms with E-state index in [4.69, 9.17) is 9.47 Å². The van der Waals surface area contributed by atoms with Gasteiger partial charge in [-0.3, -0.25) is 10.2 Å². The Hall–Kier alpha value is -2.57. The van der Waals surface area contributed by atoms with E-state index in [1.807, 2.05) is 0 Å². The van der Waals surface area contributed by atoms with Crippen LogP contribution >= 0.6 is 0 Å². The van der Waals surface area contributed by atoms with Crippen molar-refractivity contribution >= 4 is 5.91 Å². The molecule has 1 fully saturated rings. The van der Waals surface area contributed by atoms with Gasteiger partial charge in [-0.2, -0.15) is 0 Å². The molecule has 0 aromatic heterocycles. The number of amides is 1. The zero-order chi connectivity index (χ0) is 18.7. The molecule has 1 amide bonds. The highest BCUT2D eigenvalue weighted by molar-refractivity contribution is 5.97. The standard InChI is InChI=1S/C20H25N3O3/c1-12-5-7-14(8-6-12)18-13(2)22-23-19(18)21-20(24)16-10-9-15(25-3)11-17(16)26-4/h5-11,13,18-19,22-23H,1-4H3,(H,21,24). The highest BCUT2D eigenvalue weighted by Gasteiger charge is 2.35. The number of hydrogen-bond acceptors (Lipinski definition) is 5. The van der Waals surface area contributed by atoms with Crippen LogP contribution in [0.5, 0.6) is 11.5 Å². The molecular weight excluding hydrogens is 330 g/mol. The lowest BCUT2D eigenvalue weighted by Crippen LogP contribution is -2.46. The summed E-state index contributed by atoms with van der Waals surface area (Å²) in [6.07, 6.45) is -0.230. The molecule has 1 saturated heterocycles. The summed E-state index contributed by atoms with van der Waals surface area (Å²) in [7, 11) is 3.12. The number of benzene rings is 2. The average molecular weight is 355 g/mol. The molecule has 138 valence electrons. The summed E-state index contributed by atoms with van der Waals surface area (Å²) in [5.41, 5.74) is 9.26. The lowest BCUT2D eigenvalue weighted by Gasteiger charge is -2.23. The molecule has 0 saturated carbocycles. The number of carbonyl (C=O) groups is 1. The third-order valence-corrected chi connectivity index (χ3v) is 4.77. The van der Waals surface area contributed by atoms with E-state index in [9.17, 15) is 4.79 Å². The van der Waals surface area contributed by atoms with Gasteiger partial charge in [0.15, 0.2) is 0 Å². The first kappa shape index (κ1) is 18.2. The van der Waals surface area contributed by atoms with Crippen molar-refractivity contribution in [3.63, 3.8) is 0 Å². The van der Waals surface area contributed by atoms with Gasteiger partial charge < -0.3 is 14.8 Å². The van der Waals surface area contributed by atoms with Crippen LogP contribution in [0.3, 0.4) is 0 Å². The number of nitrogens with one attached hydrogen (secondary N) is 3. The molecule has 3 rings (SSSR count). The van der Waals surface area contributed by atoms with E-state index in [0.29, 0.717) is 17.1 Å². The summed E-state index contributed by atoms with van der Waals surface area (Å²) < 4.78 is 10.5. The minimum atomic E-state index is -0.230. The zero-order valence-electron chi connectivity index (χ0n) is 15.5. The van der Waals surface area contributed by atoms with Gasteiger partial charge in [-0.15, -0.1) is 0 Å². The van der Waals surface area contributed by atoms with E-state index in [2.05, 4.69) is 54.3 Å². The van der Waals surface area contributed by atoms with Crippen LogP contribution in [0.4, 0.5) is 0 Å². The number of aryl methyl sites for hydroxylation is 1. The summed E-state index contributed by atoms with van der Waals surface area (Å²) in [6.45, 7) is 4.16. The van der Waals surface area contributed by atoms with E-state index in [1.54, 1.807) is 25.3 Å². The van der Waals surface area contributed by atoms with Crippen LogP contribution in [0.15, 0.2) is 42.5 Å². The van der Waals surface area contributed by atoms with Gasteiger partial charge in [-0.1, -0.05) is 29.8 Å². The Morgan fingerprint density at radius 1 is 1.04 bits per heavy atom. The molecule has 6 nitrogen and oxygen atoms in total. The Morgan fingerprint density at radius 2 is 1.77 bits per heavy atom. The van der Waals surface area contributed by atoms with Crippen molar-refractivity contribution in [3.05, 3.63) is 59.2 Å². The van der Waals surface area contributed by atoms with Gasteiger partial charge in [0.25, 0.3) is 5.91 Å². The van der Waals surface area contributed by atoms with Gasteiger partial charge >= 0.3 is 0 Å². The van der Waals surface area contributed by atoms with Gasteiger partial charge in [0.05, 0.1) is 19.8 Å². The summed E-state index contributed by atoms with van der Waals surface area (Å²) >= 11 is 0. The second-order valence-electron chi connectivity index (χ2n) is 6.53. The Kier molecular flexibility index (Phi) is 5.44. The molecule has 0 bridgehead atoms. The minimum Gasteiger partial charge on any atom is -0.497 e. The molecule has 3 unspecified atom stereocenters. The largest absolute Gasteiger partial charge is 0.497 e. The molecular formula is C20H25N3O3. The van der Waals surface area contributed by atoms with Crippen LogP contribution in [0.2, 0.25) is 0 Å². The van der Waals surface area contributed by atoms with E-state index >= 15 is 0 Å². The van der Waals surface area contributed by atoms with E-state index < -0.39 is 0 Å². The minimum absolute atomic E-state index is 0.115. The molecule has 0 radical (unpaired) electrons. The summed E-state index contributed by atoms with van der Waals surface area (Å²) in [5.74, 6) is 1.04. The Morgan fingerprint density at radius 3 is 2.42 bits per heavy atom. The van der Waals surface area contributed by atoms with E-state index in [0.717, 1.165) is 0 Å². The summed E-state index contributed by atoms with van der Waals surface area (Å²) in [5, 5.41) is 3.07. The molecule has 3 atom stereocenters. The number of ether oxygens (including phenoxy) is 2. The zero-order valence-corrected chi connectivity index (χ0v) is 15.5. The molecule has 0 spiro atoms. The maximum atomic E-state index is 12.8. The Balaban J connectivity index is 1.81. The second-order valence-corrected chi connectivity index (χ2v) is 6.53. The number of methoxy groups -OCH3 is 2. The number of hydrazine groups is 1. The molecule has 1 aliphatic heterocycles. The Bertz CT molecular complexity index is 776. The fourth-order valence-electron chi connectivity index (χ4n) is 3.29. The maximum Gasteiger partial charge on any atom is 0.256 e. The average Bonchev–Trinajstić information content (AvgIpc) is 3.02. The molecule has 3 N–H and O–H groups in total. The third-order valence-electron chi connectivity index (χ3n) is 4.77. The first-order valence-corrected chi connectivity index (χ1v) is 8.64. The van der Waals surface area contributed by atoms with Crippen molar-refractivity contribution in [2.45, 2.75) is 32.0 Å². The maximum absolute atomic E-state index is 12.8. The van der Waals surface area contributed by atoms with Crippen molar-refractivity contribution in [1.29, 1.82) is 0 Å². The molecule has 0 aliphatic carbocycles. The van der Waals surface area contributed by atoms with Crippen LogP contribution in [-0.4, -0.2) is 32.3 Å². The van der Waals surface area contributed by atoms with Gasteiger partial charge in [-0.05, 0) is 31.5 Å². The van der Waals surface area contributed by atoms with Crippen molar-refractivity contribution in [2.75, 3.05) is 14.2 Å². The smallest absolute Gasteiger partial charge is 0.256 e. The molecule has 1 aliphatic rings. The summed E-state index contributed by atoms with van der Waals surface area (Å²) in [4.78, 5) is 12.8. The molecule has 1 heterocycles. The lowest BCUT2D eigenvalue weighted by molar-refractivity contribution is 0.0925. The predicted octanol–water partition coefficient (Wildman–Crippen LogP) is 2.35. The molecule has 2 aromatic carbocycles. The van der Waals surface area contributed by atoms with E-state index in [-0.39, 0.29) is 24.0 Å². The van der Waals surface area contributed by atoms with Crippen LogP contribution < -0.4 is 25.6 Å². The quantitative estimate of drug-likeness (QED) is 0.768. The van der Waals surface area contributed by atoms with Crippen molar-refractivity contribution < 1.29 is 14.3 Å². The predicted molar refractivity (Wildman–Crippen MR) is 100 cm³/mol. The Labute approximate surface area is 153 Å². The number of hydrogen-bond donors (Lipinski definition) is 3. The SMILES string of the molecule is COc1ccc(C(=O)NC2NNC(C)C2c2ccc(C)cc2)c(OC)c1. The third kappa shape index (κ3) is 3.66. The second kappa shape index (κ2) is 7.76. The topological polar surface area (TPSA) is 71.6 Å².